The van der Waals surface area contributed by atoms with Gasteiger partial charge in [0.15, 0.2) is 0 Å². The average Bonchev–Trinajstić information content (AvgIpc) is 2.82. The summed E-state index contributed by atoms with van der Waals surface area (Å²) >= 11 is 0. The lowest BCUT2D eigenvalue weighted by atomic mass is 9.96. The summed E-state index contributed by atoms with van der Waals surface area (Å²) in [6.07, 6.45) is 1.77. The molecule has 0 spiro atoms. The van der Waals surface area contributed by atoms with Gasteiger partial charge in [-0.15, -0.1) is 0 Å². The van der Waals surface area contributed by atoms with Gasteiger partial charge in [-0.3, -0.25) is 14.4 Å². The maximum Gasteiger partial charge on any atom is 0.313 e. The lowest BCUT2D eigenvalue weighted by molar-refractivity contribution is -0.136. The van der Waals surface area contributed by atoms with E-state index in [2.05, 4.69) is 10.6 Å². The van der Waals surface area contributed by atoms with E-state index in [1.54, 1.807) is 6.07 Å². The number of methoxy groups -OCH3 is 1. The molecule has 1 atom stereocenters. The lowest BCUT2D eigenvalue weighted by Crippen LogP contribution is -2.37. The number of rotatable bonds is 4. The zero-order valence-electron chi connectivity index (χ0n) is 13.8. The molecule has 7 heteroatoms. The van der Waals surface area contributed by atoms with Crippen molar-refractivity contribution in [2.24, 2.45) is 0 Å². The van der Waals surface area contributed by atoms with Crippen molar-refractivity contribution in [1.29, 1.82) is 0 Å². The van der Waals surface area contributed by atoms with Crippen LogP contribution in [0.5, 0.6) is 0 Å². The van der Waals surface area contributed by atoms with Gasteiger partial charge in [-0.2, -0.15) is 0 Å². The Morgan fingerprint density at radius 2 is 2.12 bits per heavy atom. The Kier molecular flexibility index (Phi) is 4.53. The number of anilines is 2. The number of aryl methyl sites for hydroxylation is 1. The van der Waals surface area contributed by atoms with Gasteiger partial charge in [0.05, 0.1) is 18.2 Å². The molecule has 3 rings (SSSR count). The molecule has 0 saturated carbocycles. The first-order valence-electron chi connectivity index (χ1n) is 8.09. The minimum Gasteiger partial charge on any atom is -0.383 e. The minimum atomic E-state index is -0.720. The molecule has 2 aliphatic heterocycles. The van der Waals surface area contributed by atoms with Gasteiger partial charge in [0, 0.05) is 25.9 Å². The van der Waals surface area contributed by atoms with E-state index in [1.807, 2.05) is 17.9 Å². The molecule has 0 aromatic heterocycles. The van der Waals surface area contributed by atoms with Crippen LogP contribution in [0.25, 0.3) is 0 Å². The number of amides is 3. The van der Waals surface area contributed by atoms with Crippen molar-refractivity contribution in [3.8, 4) is 0 Å². The summed E-state index contributed by atoms with van der Waals surface area (Å²) in [7, 11) is 1.52. The van der Waals surface area contributed by atoms with Crippen LogP contribution in [0, 0.1) is 0 Å². The number of ether oxygens (including phenoxy) is 1. The van der Waals surface area contributed by atoms with Crippen molar-refractivity contribution in [3.05, 3.63) is 23.3 Å². The summed E-state index contributed by atoms with van der Waals surface area (Å²) in [5.74, 6) is -1.54. The number of hydrogen-bond donors (Lipinski definition) is 2. The molecule has 0 saturated heterocycles. The maximum atomic E-state index is 12.3. The van der Waals surface area contributed by atoms with Crippen molar-refractivity contribution in [2.75, 3.05) is 37.0 Å². The largest absolute Gasteiger partial charge is 0.383 e. The third-order valence-corrected chi connectivity index (χ3v) is 4.47. The van der Waals surface area contributed by atoms with Gasteiger partial charge in [0.2, 0.25) is 5.91 Å². The van der Waals surface area contributed by atoms with Crippen molar-refractivity contribution in [3.63, 3.8) is 0 Å². The molecule has 7 nitrogen and oxygen atoms in total. The van der Waals surface area contributed by atoms with E-state index in [9.17, 15) is 14.4 Å². The van der Waals surface area contributed by atoms with E-state index in [-0.39, 0.29) is 18.4 Å². The van der Waals surface area contributed by atoms with Gasteiger partial charge in [-0.05, 0) is 43.0 Å². The fraction of sp³-hybridized carbons (Fsp3) is 0.471. The van der Waals surface area contributed by atoms with E-state index in [1.165, 1.54) is 7.11 Å². The van der Waals surface area contributed by atoms with Crippen molar-refractivity contribution >= 4 is 29.1 Å². The Hall–Kier alpha value is -2.41. The van der Waals surface area contributed by atoms with Crippen LogP contribution < -0.4 is 15.5 Å². The Morgan fingerprint density at radius 1 is 1.33 bits per heavy atom. The predicted molar refractivity (Wildman–Crippen MR) is 89.0 cm³/mol. The molecule has 0 unspecified atom stereocenters. The molecule has 3 amide bonds. The number of nitrogens with zero attached hydrogens (tertiary/aromatic N) is 1. The second kappa shape index (κ2) is 6.60. The smallest absolute Gasteiger partial charge is 0.313 e. The molecule has 2 N–H and O–H groups in total. The van der Waals surface area contributed by atoms with Gasteiger partial charge in [0.1, 0.15) is 0 Å². The summed E-state index contributed by atoms with van der Waals surface area (Å²) in [6.45, 7) is 3.24. The molecule has 0 radical (unpaired) electrons. The molecular formula is C17H21N3O4. The van der Waals surface area contributed by atoms with Crippen LogP contribution in [-0.2, 0) is 25.5 Å². The number of carbonyl (C=O) groups is 3. The van der Waals surface area contributed by atoms with E-state index in [0.29, 0.717) is 12.3 Å². The molecule has 1 aromatic rings. The predicted octanol–water partition coefficient (Wildman–Crippen LogP) is 0.784. The summed E-state index contributed by atoms with van der Waals surface area (Å²) in [6, 6.07) is 3.66. The highest BCUT2D eigenvalue weighted by Gasteiger charge is 2.38. The first-order valence-corrected chi connectivity index (χ1v) is 8.09. The molecular weight excluding hydrogens is 310 g/mol. The third kappa shape index (κ3) is 2.87. The number of nitrogens with one attached hydrogen (secondary N) is 2. The standard InChI is InChI=1S/C17H21N3O4/c1-10-13-9-12(19-16(22)15(21)18-5-7-24-2)8-11-4-3-6-20(14(11)13)17(10)23/h8-10H,3-7H2,1-2H3,(H,18,21)(H,19,22)/t10-/m1/s1. The highest BCUT2D eigenvalue weighted by atomic mass is 16.5. The maximum absolute atomic E-state index is 12.3. The van der Waals surface area contributed by atoms with Gasteiger partial charge >= 0.3 is 11.8 Å². The highest BCUT2D eigenvalue weighted by Crippen LogP contribution is 2.44. The molecule has 0 aliphatic carbocycles. The molecule has 2 aliphatic rings. The SMILES string of the molecule is COCCNC(=O)C(=O)Nc1cc2c3c(c1)[C@@H](C)C(=O)N3CCC2. The number of benzene rings is 1. The molecule has 0 fully saturated rings. The van der Waals surface area contributed by atoms with Gasteiger partial charge in [-0.1, -0.05) is 0 Å². The van der Waals surface area contributed by atoms with E-state index in [4.69, 9.17) is 4.74 Å². The molecule has 0 bridgehead atoms. The lowest BCUT2D eigenvalue weighted by Gasteiger charge is -2.26. The molecule has 24 heavy (non-hydrogen) atoms. The van der Waals surface area contributed by atoms with E-state index in [0.717, 1.165) is 36.2 Å². The molecule has 1 aromatic carbocycles. The average molecular weight is 331 g/mol. The van der Waals surface area contributed by atoms with Crippen LogP contribution >= 0.6 is 0 Å². The Balaban J connectivity index is 1.78. The van der Waals surface area contributed by atoms with E-state index < -0.39 is 11.8 Å². The topological polar surface area (TPSA) is 87.7 Å². The van der Waals surface area contributed by atoms with Crippen molar-refractivity contribution in [1.82, 2.24) is 5.32 Å². The minimum absolute atomic E-state index is 0.103. The van der Waals surface area contributed by atoms with Crippen LogP contribution in [0.4, 0.5) is 11.4 Å². The molecule has 128 valence electrons. The summed E-state index contributed by atoms with van der Waals surface area (Å²) < 4.78 is 4.83. The summed E-state index contributed by atoms with van der Waals surface area (Å²) in [5.41, 5.74) is 3.51. The van der Waals surface area contributed by atoms with Gasteiger partial charge < -0.3 is 20.3 Å². The van der Waals surface area contributed by atoms with Crippen LogP contribution in [0.2, 0.25) is 0 Å². The zero-order valence-corrected chi connectivity index (χ0v) is 13.8. The molecule has 2 heterocycles. The second-order valence-corrected chi connectivity index (χ2v) is 6.09. The Labute approximate surface area is 140 Å². The second-order valence-electron chi connectivity index (χ2n) is 6.09. The van der Waals surface area contributed by atoms with Crippen molar-refractivity contribution in [2.45, 2.75) is 25.7 Å². The van der Waals surface area contributed by atoms with Crippen LogP contribution in [0.1, 0.15) is 30.4 Å². The first kappa shape index (κ1) is 16.4. The zero-order chi connectivity index (χ0) is 17.3. The fourth-order valence-corrected chi connectivity index (χ4v) is 3.30. The highest BCUT2D eigenvalue weighted by molar-refractivity contribution is 6.39. The van der Waals surface area contributed by atoms with Crippen molar-refractivity contribution < 1.29 is 19.1 Å². The monoisotopic (exact) mass is 331 g/mol. The number of hydrogen-bond acceptors (Lipinski definition) is 4. The Morgan fingerprint density at radius 3 is 2.88 bits per heavy atom. The Bertz CT molecular complexity index is 701. The normalized spacial score (nSPS) is 18.3. The van der Waals surface area contributed by atoms with Gasteiger partial charge in [0.25, 0.3) is 0 Å². The quantitative estimate of drug-likeness (QED) is 0.630. The van der Waals surface area contributed by atoms with Gasteiger partial charge in [-0.25, -0.2) is 0 Å². The fourth-order valence-electron chi connectivity index (χ4n) is 3.30. The first-order chi connectivity index (χ1) is 11.5. The summed E-state index contributed by atoms with van der Waals surface area (Å²) in [5, 5.41) is 5.11. The van der Waals surface area contributed by atoms with Crippen LogP contribution in [0.3, 0.4) is 0 Å². The number of carbonyl (C=O) groups excluding carboxylic acids is 3. The van der Waals surface area contributed by atoms with E-state index >= 15 is 0 Å². The van der Waals surface area contributed by atoms with Crippen LogP contribution in [0.15, 0.2) is 12.1 Å². The third-order valence-electron chi connectivity index (χ3n) is 4.47. The van der Waals surface area contributed by atoms with Crippen LogP contribution in [-0.4, -0.2) is 44.5 Å². The summed E-state index contributed by atoms with van der Waals surface area (Å²) in [4.78, 5) is 37.9.